The predicted octanol–water partition coefficient (Wildman–Crippen LogP) is 4.25. The van der Waals surface area contributed by atoms with E-state index in [0.29, 0.717) is 40.3 Å². The SMILES string of the molecule is O=c1c2c(ncn2Cc2ccc(Cl)c(Cl)c2)n(-c2ccc(F)cc2)c(=O)n1CC1CC1. The Morgan fingerprint density at radius 1 is 1.03 bits per heavy atom. The zero-order valence-electron chi connectivity index (χ0n) is 16.3. The van der Waals surface area contributed by atoms with E-state index in [2.05, 4.69) is 4.98 Å². The second-order valence-electron chi connectivity index (χ2n) is 7.75. The molecule has 0 amide bonds. The van der Waals surface area contributed by atoms with Crippen molar-refractivity contribution < 1.29 is 4.39 Å². The van der Waals surface area contributed by atoms with Gasteiger partial charge >= 0.3 is 5.69 Å². The number of hydrogen-bond donors (Lipinski definition) is 0. The second kappa shape index (κ2) is 7.66. The van der Waals surface area contributed by atoms with Crippen LogP contribution in [-0.2, 0) is 13.1 Å². The quantitative estimate of drug-likeness (QED) is 0.448. The first-order chi connectivity index (χ1) is 14.9. The standard InChI is InChI=1S/C22H17Cl2FN4O2/c23-17-8-3-14(9-18(17)24)10-27-12-26-20-19(27)21(30)28(11-13-1-2-13)22(31)29(20)16-6-4-15(25)5-7-16/h3-9,12-13H,1-2,10-11H2. The highest BCUT2D eigenvalue weighted by atomic mass is 35.5. The Balaban J connectivity index is 1.72. The van der Waals surface area contributed by atoms with E-state index < -0.39 is 11.5 Å². The summed E-state index contributed by atoms with van der Waals surface area (Å²) in [6.07, 6.45) is 3.50. The molecular formula is C22H17Cl2FN4O2. The summed E-state index contributed by atoms with van der Waals surface area (Å²) in [5.74, 6) is -0.0968. The first-order valence-corrected chi connectivity index (χ1v) is 10.6. The zero-order valence-corrected chi connectivity index (χ0v) is 17.8. The van der Waals surface area contributed by atoms with Gasteiger partial charge in [-0.3, -0.25) is 9.36 Å². The molecule has 0 aliphatic heterocycles. The van der Waals surface area contributed by atoms with Crippen molar-refractivity contribution in [2.75, 3.05) is 0 Å². The summed E-state index contributed by atoms with van der Waals surface area (Å²) in [6, 6.07) is 10.8. The summed E-state index contributed by atoms with van der Waals surface area (Å²) >= 11 is 12.1. The van der Waals surface area contributed by atoms with E-state index in [-0.39, 0.29) is 11.2 Å². The summed E-state index contributed by atoms with van der Waals surface area (Å²) in [5, 5.41) is 0.857. The molecule has 0 bridgehead atoms. The number of rotatable bonds is 5. The second-order valence-corrected chi connectivity index (χ2v) is 8.56. The number of nitrogens with zero attached hydrogens (tertiary/aromatic N) is 4. The molecule has 0 N–H and O–H groups in total. The Bertz CT molecular complexity index is 1420. The van der Waals surface area contributed by atoms with Gasteiger partial charge in [-0.15, -0.1) is 0 Å². The monoisotopic (exact) mass is 458 g/mol. The number of aromatic nitrogens is 4. The van der Waals surface area contributed by atoms with Crippen molar-refractivity contribution in [2.24, 2.45) is 5.92 Å². The summed E-state index contributed by atoms with van der Waals surface area (Å²) in [5.41, 5.74) is 0.949. The van der Waals surface area contributed by atoms with Gasteiger partial charge in [0.1, 0.15) is 5.82 Å². The van der Waals surface area contributed by atoms with Crippen LogP contribution in [0.3, 0.4) is 0 Å². The smallest absolute Gasteiger partial charge is 0.320 e. The molecule has 1 aliphatic rings. The van der Waals surface area contributed by atoms with Crippen molar-refractivity contribution in [3.63, 3.8) is 0 Å². The van der Waals surface area contributed by atoms with Crippen LogP contribution in [-0.4, -0.2) is 18.7 Å². The number of fused-ring (bicyclic) bond motifs is 1. The molecule has 158 valence electrons. The Hall–Kier alpha value is -2.90. The number of halogens is 3. The molecule has 2 heterocycles. The lowest BCUT2D eigenvalue weighted by Crippen LogP contribution is -2.40. The molecule has 5 rings (SSSR count). The molecule has 6 nitrogen and oxygen atoms in total. The summed E-state index contributed by atoms with van der Waals surface area (Å²) in [7, 11) is 0. The van der Waals surface area contributed by atoms with E-state index in [4.69, 9.17) is 23.2 Å². The van der Waals surface area contributed by atoms with Gasteiger partial charge in [-0.05, 0) is 60.7 Å². The fourth-order valence-electron chi connectivity index (χ4n) is 3.68. The van der Waals surface area contributed by atoms with Crippen LogP contribution in [0.1, 0.15) is 18.4 Å². The van der Waals surface area contributed by atoms with Crippen molar-refractivity contribution in [1.82, 2.24) is 18.7 Å². The minimum absolute atomic E-state index is 0.230. The third-order valence-corrected chi connectivity index (χ3v) is 6.20. The first kappa shape index (κ1) is 20.0. The lowest BCUT2D eigenvalue weighted by Gasteiger charge is -2.13. The molecule has 31 heavy (non-hydrogen) atoms. The van der Waals surface area contributed by atoms with Crippen LogP contribution < -0.4 is 11.2 Å². The van der Waals surface area contributed by atoms with Crippen molar-refractivity contribution in [3.8, 4) is 5.69 Å². The van der Waals surface area contributed by atoms with Gasteiger partial charge in [0, 0.05) is 13.1 Å². The molecule has 0 saturated heterocycles. The molecule has 0 unspecified atom stereocenters. The Kier molecular flexibility index (Phi) is 4.95. The number of benzene rings is 2. The Labute approximate surface area is 186 Å². The summed E-state index contributed by atoms with van der Waals surface area (Å²) in [4.78, 5) is 30.9. The topological polar surface area (TPSA) is 61.8 Å². The maximum absolute atomic E-state index is 13.5. The predicted molar refractivity (Wildman–Crippen MR) is 118 cm³/mol. The van der Waals surface area contributed by atoms with Gasteiger partial charge in [-0.25, -0.2) is 18.7 Å². The van der Waals surface area contributed by atoms with Gasteiger partial charge in [0.15, 0.2) is 11.2 Å². The minimum Gasteiger partial charge on any atom is -0.320 e. The highest BCUT2D eigenvalue weighted by Crippen LogP contribution is 2.30. The fraction of sp³-hybridized carbons (Fsp3) is 0.227. The van der Waals surface area contributed by atoms with Crippen LogP contribution >= 0.6 is 23.2 Å². The molecule has 2 aromatic carbocycles. The van der Waals surface area contributed by atoms with Crippen molar-refractivity contribution in [1.29, 1.82) is 0 Å². The number of imidazole rings is 1. The van der Waals surface area contributed by atoms with Gasteiger partial charge in [-0.1, -0.05) is 29.3 Å². The van der Waals surface area contributed by atoms with Gasteiger partial charge in [0.25, 0.3) is 5.56 Å². The number of hydrogen-bond acceptors (Lipinski definition) is 3. The molecular weight excluding hydrogens is 442 g/mol. The van der Waals surface area contributed by atoms with E-state index in [1.54, 1.807) is 16.7 Å². The third kappa shape index (κ3) is 3.68. The molecule has 1 fully saturated rings. The molecule has 1 saturated carbocycles. The molecule has 2 aromatic heterocycles. The van der Waals surface area contributed by atoms with Crippen LogP contribution in [0.2, 0.25) is 10.0 Å². The van der Waals surface area contributed by atoms with Crippen LogP contribution in [0.25, 0.3) is 16.9 Å². The van der Waals surface area contributed by atoms with Crippen LogP contribution in [0.4, 0.5) is 4.39 Å². The Morgan fingerprint density at radius 3 is 2.45 bits per heavy atom. The largest absolute Gasteiger partial charge is 0.337 e. The van der Waals surface area contributed by atoms with Gasteiger partial charge in [-0.2, -0.15) is 0 Å². The van der Waals surface area contributed by atoms with E-state index in [1.807, 2.05) is 6.07 Å². The molecule has 1 aliphatic carbocycles. The maximum atomic E-state index is 13.5. The first-order valence-electron chi connectivity index (χ1n) is 9.83. The molecule has 9 heteroatoms. The van der Waals surface area contributed by atoms with Crippen molar-refractivity contribution >= 4 is 34.4 Å². The lowest BCUT2D eigenvalue weighted by atomic mass is 10.2. The highest BCUT2D eigenvalue weighted by Gasteiger charge is 2.26. The van der Waals surface area contributed by atoms with Crippen LogP contribution in [0, 0.1) is 11.7 Å². The van der Waals surface area contributed by atoms with Gasteiger partial charge < -0.3 is 4.57 Å². The average Bonchev–Trinajstić information content (AvgIpc) is 3.48. The van der Waals surface area contributed by atoms with Crippen LogP contribution in [0.5, 0.6) is 0 Å². The average molecular weight is 459 g/mol. The fourth-order valence-corrected chi connectivity index (χ4v) is 4.00. The van der Waals surface area contributed by atoms with E-state index in [1.165, 1.54) is 39.7 Å². The van der Waals surface area contributed by atoms with Crippen molar-refractivity contribution in [3.05, 3.63) is 91.1 Å². The van der Waals surface area contributed by atoms with E-state index >= 15 is 0 Å². The van der Waals surface area contributed by atoms with Gasteiger partial charge in [0.05, 0.1) is 22.1 Å². The van der Waals surface area contributed by atoms with E-state index in [9.17, 15) is 14.0 Å². The summed E-state index contributed by atoms with van der Waals surface area (Å²) < 4.78 is 17.8. The maximum Gasteiger partial charge on any atom is 0.337 e. The summed E-state index contributed by atoms with van der Waals surface area (Å²) in [6.45, 7) is 0.681. The molecule has 0 spiro atoms. The van der Waals surface area contributed by atoms with Crippen LogP contribution in [0.15, 0.2) is 58.4 Å². The highest BCUT2D eigenvalue weighted by molar-refractivity contribution is 6.42. The third-order valence-electron chi connectivity index (χ3n) is 5.46. The molecule has 4 aromatic rings. The Morgan fingerprint density at radius 2 is 1.77 bits per heavy atom. The minimum atomic E-state index is -0.476. The van der Waals surface area contributed by atoms with Gasteiger partial charge in [0.2, 0.25) is 0 Å². The molecule has 0 radical (unpaired) electrons. The van der Waals surface area contributed by atoms with E-state index in [0.717, 1.165) is 18.4 Å². The lowest BCUT2D eigenvalue weighted by molar-refractivity contribution is 0.567. The zero-order chi connectivity index (χ0) is 21.7. The molecule has 0 atom stereocenters. The normalized spacial score (nSPS) is 13.8. The van der Waals surface area contributed by atoms with Crippen molar-refractivity contribution in [2.45, 2.75) is 25.9 Å².